The molecule has 2 heterocycles. The van der Waals surface area contributed by atoms with Crippen LogP contribution in [0.4, 0.5) is 0 Å². The predicted molar refractivity (Wildman–Crippen MR) is 76.6 cm³/mol. The van der Waals surface area contributed by atoms with E-state index in [0.717, 1.165) is 12.2 Å². The number of ether oxygens (including phenoxy) is 2. The number of aromatic nitrogens is 2. The lowest BCUT2D eigenvalue weighted by Crippen LogP contribution is -2.43. The average molecular weight is 293 g/mol. The molecule has 1 aliphatic heterocycles. The Balaban J connectivity index is 1.55. The van der Waals surface area contributed by atoms with Gasteiger partial charge in [-0.1, -0.05) is 0 Å². The number of aryl methyl sites for hydroxylation is 1. The molecule has 1 aliphatic carbocycles. The van der Waals surface area contributed by atoms with Crippen molar-refractivity contribution < 1.29 is 14.3 Å². The highest BCUT2D eigenvalue weighted by Crippen LogP contribution is 2.30. The first-order valence-corrected chi connectivity index (χ1v) is 7.66. The average Bonchev–Trinajstić information content (AvgIpc) is 3.04. The molecule has 21 heavy (non-hydrogen) atoms. The Kier molecular flexibility index (Phi) is 4.26. The summed E-state index contributed by atoms with van der Waals surface area (Å²) in [6.45, 7) is 3.14. The molecule has 0 radical (unpaired) electrons. The fourth-order valence-corrected chi connectivity index (χ4v) is 2.58. The minimum absolute atomic E-state index is 0.0365. The Labute approximate surface area is 124 Å². The molecular weight excluding hydrogens is 270 g/mol. The number of nitrogens with zero attached hydrogens (tertiary/aromatic N) is 2. The van der Waals surface area contributed by atoms with Gasteiger partial charge >= 0.3 is 0 Å². The maximum Gasteiger partial charge on any atom is 0.249 e. The molecule has 1 amide bonds. The van der Waals surface area contributed by atoms with Crippen LogP contribution < -0.4 is 5.32 Å². The highest BCUT2D eigenvalue weighted by atomic mass is 16.5. The van der Waals surface area contributed by atoms with Gasteiger partial charge in [0.25, 0.3) is 0 Å². The predicted octanol–water partition coefficient (Wildman–Crippen LogP) is 1.18. The van der Waals surface area contributed by atoms with E-state index in [1.807, 2.05) is 24.7 Å². The summed E-state index contributed by atoms with van der Waals surface area (Å²) in [6.07, 6.45) is 6.31. The van der Waals surface area contributed by atoms with E-state index in [9.17, 15) is 4.79 Å². The number of rotatable bonds is 6. The van der Waals surface area contributed by atoms with Gasteiger partial charge in [-0.25, -0.2) is 4.98 Å². The van der Waals surface area contributed by atoms with Crippen LogP contribution in [0.15, 0.2) is 12.4 Å². The van der Waals surface area contributed by atoms with Crippen LogP contribution in [0.2, 0.25) is 0 Å². The van der Waals surface area contributed by atoms with Crippen molar-refractivity contribution in [2.45, 2.75) is 44.4 Å². The molecule has 1 aromatic rings. The van der Waals surface area contributed by atoms with Gasteiger partial charge in [0.15, 0.2) is 0 Å². The molecule has 6 nitrogen and oxygen atoms in total. The van der Waals surface area contributed by atoms with Crippen molar-refractivity contribution in [2.24, 2.45) is 13.0 Å². The van der Waals surface area contributed by atoms with Crippen molar-refractivity contribution in [1.29, 1.82) is 0 Å². The van der Waals surface area contributed by atoms with Gasteiger partial charge in [-0.05, 0) is 32.1 Å². The van der Waals surface area contributed by atoms with Crippen molar-refractivity contribution >= 4 is 5.91 Å². The lowest BCUT2D eigenvalue weighted by molar-refractivity contribution is -0.133. The Morgan fingerprint density at radius 1 is 1.57 bits per heavy atom. The summed E-state index contributed by atoms with van der Waals surface area (Å²) in [5.74, 6) is 1.45. The summed E-state index contributed by atoms with van der Waals surface area (Å²) < 4.78 is 13.3. The summed E-state index contributed by atoms with van der Waals surface area (Å²) in [5.41, 5.74) is 0. The van der Waals surface area contributed by atoms with Gasteiger partial charge in [-0.3, -0.25) is 4.79 Å². The number of amides is 1. The minimum Gasteiger partial charge on any atom is -0.368 e. The zero-order valence-corrected chi connectivity index (χ0v) is 12.6. The summed E-state index contributed by atoms with van der Waals surface area (Å²) >= 11 is 0. The molecule has 6 heteroatoms. The fourth-order valence-electron chi connectivity index (χ4n) is 2.58. The van der Waals surface area contributed by atoms with E-state index in [1.54, 1.807) is 6.20 Å². The molecule has 116 valence electrons. The molecule has 0 aromatic carbocycles. The van der Waals surface area contributed by atoms with Crippen LogP contribution in [-0.4, -0.2) is 40.8 Å². The molecular formula is C15H23N3O3. The van der Waals surface area contributed by atoms with E-state index in [2.05, 4.69) is 10.3 Å². The smallest absolute Gasteiger partial charge is 0.249 e. The summed E-state index contributed by atoms with van der Waals surface area (Å²) in [4.78, 5) is 16.5. The van der Waals surface area contributed by atoms with Gasteiger partial charge in [0.1, 0.15) is 18.0 Å². The minimum atomic E-state index is -0.409. The van der Waals surface area contributed by atoms with Crippen LogP contribution in [-0.2, 0) is 21.3 Å². The molecule has 1 saturated heterocycles. The Bertz CT molecular complexity index is 498. The van der Waals surface area contributed by atoms with Gasteiger partial charge < -0.3 is 19.4 Å². The third kappa shape index (κ3) is 3.44. The normalized spacial score (nSPS) is 26.8. The van der Waals surface area contributed by atoms with Crippen molar-refractivity contribution in [3.05, 3.63) is 18.2 Å². The number of carbonyl (C=O) groups is 1. The van der Waals surface area contributed by atoms with Crippen LogP contribution in [0.25, 0.3) is 0 Å². The molecule has 1 N–H and O–H groups in total. The van der Waals surface area contributed by atoms with Gasteiger partial charge in [0, 0.05) is 26.0 Å². The summed E-state index contributed by atoms with van der Waals surface area (Å²) in [6, 6.07) is -0.0365. The number of nitrogens with one attached hydrogen (secondary N) is 1. The first kappa shape index (κ1) is 14.5. The second-order valence-electron chi connectivity index (χ2n) is 6.01. The molecule has 3 atom stereocenters. The molecule has 0 bridgehead atoms. The third-order valence-electron chi connectivity index (χ3n) is 4.18. The lowest BCUT2D eigenvalue weighted by Gasteiger charge is -2.21. The van der Waals surface area contributed by atoms with E-state index in [1.165, 1.54) is 12.8 Å². The van der Waals surface area contributed by atoms with Gasteiger partial charge in [-0.2, -0.15) is 0 Å². The Morgan fingerprint density at radius 3 is 3.05 bits per heavy atom. The molecule has 2 fully saturated rings. The van der Waals surface area contributed by atoms with Gasteiger partial charge in [0.2, 0.25) is 5.91 Å². The second kappa shape index (κ2) is 6.15. The van der Waals surface area contributed by atoms with Crippen molar-refractivity contribution in [2.75, 3.05) is 13.2 Å². The standard InChI is InChI=1S/C15H23N3O3/c1-10(21-9-11-3-4-11)15(19)17-12-5-8-20-13(12)14-16-6-7-18(14)2/h6-7,10-13H,3-5,8-9H2,1-2H3,(H,17,19)/t10-,12-,13-/m0/s1. The largest absolute Gasteiger partial charge is 0.368 e. The molecule has 1 aromatic heterocycles. The quantitative estimate of drug-likeness (QED) is 0.855. The van der Waals surface area contributed by atoms with Crippen LogP contribution in [0.3, 0.4) is 0 Å². The van der Waals surface area contributed by atoms with Crippen LogP contribution in [0.1, 0.15) is 38.1 Å². The summed E-state index contributed by atoms with van der Waals surface area (Å²) in [5, 5.41) is 3.05. The highest BCUT2D eigenvalue weighted by molar-refractivity contribution is 5.80. The van der Waals surface area contributed by atoms with Crippen LogP contribution in [0, 0.1) is 5.92 Å². The Hall–Kier alpha value is -1.40. The van der Waals surface area contributed by atoms with Crippen LogP contribution in [0.5, 0.6) is 0 Å². The van der Waals surface area contributed by atoms with E-state index < -0.39 is 6.10 Å². The number of carbonyl (C=O) groups excluding carboxylic acids is 1. The number of imidazole rings is 1. The maximum absolute atomic E-state index is 12.2. The zero-order valence-electron chi connectivity index (χ0n) is 12.6. The van der Waals surface area contributed by atoms with Crippen molar-refractivity contribution in [1.82, 2.24) is 14.9 Å². The first-order chi connectivity index (χ1) is 10.1. The molecule has 3 rings (SSSR count). The van der Waals surface area contributed by atoms with E-state index in [-0.39, 0.29) is 18.1 Å². The van der Waals surface area contributed by atoms with Crippen molar-refractivity contribution in [3.8, 4) is 0 Å². The van der Waals surface area contributed by atoms with Gasteiger partial charge in [0.05, 0.1) is 12.6 Å². The van der Waals surface area contributed by atoms with Crippen LogP contribution >= 0.6 is 0 Å². The van der Waals surface area contributed by atoms with E-state index in [4.69, 9.17) is 9.47 Å². The van der Waals surface area contributed by atoms with Crippen molar-refractivity contribution in [3.63, 3.8) is 0 Å². The molecule has 1 saturated carbocycles. The highest BCUT2D eigenvalue weighted by Gasteiger charge is 2.34. The van der Waals surface area contributed by atoms with E-state index in [0.29, 0.717) is 19.1 Å². The molecule has 2 aliphatic rings. The SMILES string of the molecule is C[C@H](OCC1CC1)C(=O)N[C@H]1CCO[C@@H]1c1nccn1C. The summed E-state index contributed by atoms with van der Waals surface area (Å²) in [7, 11) is 1.93. The number of hydrogen-bond acceptors (Lipinski definition) is 4. The Morgan fingerprint density at radius 2 is 2.38 bits per heavy atom. The monoisotopic (exact) mass is 293 g/mol. The first-order valence-electron chi connectivity index (χ1n) is 7.66. The maximum atomic E-state index is 12.2. The second-order valence-corrected chi connectivity index (χ2v) is 6.01. The lowest BCUT2D eigenvalue weighted by atomic mass is 10.1. The fraction of sp³-hybridized carbons (Fsp3) is 0.733. The van der Waals surface area contributed by atoms with E-state index >= 15 is 0 Å². The topological polar surface area (TPSA) is 65.4 Å². The third-order valence-corrected chi connectivity index (χ3v) is 4.18. The number of hydrogen-bond donors (Lipinski definition) is 1. The molecule has 0 unspecified atom stereocenters. The van der Waals surface area contributed by atoms with Gasteiger partial charge in [-0.15, -0.1) is 0 Å². The molecule has 0 spiro atoms. The zero-order chi connectivity index (χ0) is 14.8.